The van der Waals surface area contributed by atoms with Gasteiger partial charge in [0, 0.05) is 12.8 Å². The van der Waals surface area contributed by atoms with Crippen LogP contribution in [0.15, 0.2) is 48.6 Å². The number of esters is 1. The Hall–Kier alpha value is -2.18. The third-order valence-corrected chi connectivity index (χ3v) is 12.6. The molecule has 0 heterocycles. The van der Waals surface area contributed by atoms with Crippen LogP contribution >= 0.6 is 0 Å². The number of aliphatic hydroxyl groups is 2. The van der Waals surface area contributed by atoms with Crippen molar-refractivity contribution in [2.24, 2.45) is 0 Å². The summed E-state index contributed by atoms with van der Waals surface area (Å²) in [5, 5.41) is 23.0. The molecule has 0 rings (SSSR count). The van der Waals surface area contributed by atoms with Gasteiger partial charge in [-0.3, -0.25) is 9.59 Å². The van der Waals surface area contributed by atoms with Gasteiger partial charge in [0.1, 0.15) is 0 Å². The molecular formula is C58H107NO5. The topological polar surface area (TPSA) is 95.9 Å². The molecule has 1 amide bonds. The Balaban J connectivity index is 3.42. The van der Waals surface area contributed by atoms with Crippen LogP contribution in [0.5, 0.6) is 0 Å². The molecule has 0 fully saturated rings. The Morgan fingerprint density at radius 2 is 0.797 bits per heavy atom. The molecule has 6 heteroatoms. The molecule has 2 unspecified atom stereocenters. The van der Waals surface area contributed by atoms with Crippen LogP contribution in [0.1, 0.15) is 284 Å². The molecule has 6 nitrogen and oxygen atoms in total. The molecule has 0 bridgehead atoms. The fourth-order valence-corrected chi connectivity index (χ4v) is 8.23. The van der Waals surface area contributed by atoms with Gasteiger partial charge in [-0.25, -0.2) is 0 Å². The lowest BCUT2D eigenvalue weighted by molar-refractivity contribution is -0.143. The number of carbonyl (C=O) groups is 2. The van der Waals surface area contributed by atoms with Crippen molar-refractivity contribution in [3.8, 4) is 0 Å². The van der Waals surface area contributed by atoms with Gasteiger partial charge in [-0.1, -0.05) is 236 Å². The van der Waals surface area contributed by atoms with E-state index in [2.05, 4.69) is 55.6 Å². The molecule has 0 radical (unpaired) electrons. The predicted octanol–water partition coefficient (Wildman–Crippen LogP) is 17.0. The second kappa shape index (κ2) is 53.4. The minimum absolute atomic E-state index is 0.00454. The van der Waals surface area contributed by atoms with Gasteiger partial charge in [0.2, 0.25) is 5.91 Å². The molecular weight excluding hydrogens is 791 g/mol. The fraction of sp³-hybridized carbons (Fsp3) is 0.828. The molecule has 3 N–H and O–H groups in total. The summed E-state index contributed by atoms with van der Waals surface area (Å²) in [4.78, 5) is 24.4. The largest absolute Gasteiger partial charge is 0.466 e. The summed E-state index contributed by atoms with van der Waals surface area (Å²) in [6.45, 7) is 4.83. The van der Waals surface area contributed by atoms with Crippen LogP contribution in [0.25, 0.3) is 0 Å². The molecule has 0 spiro atoms. The number of nitrogens with one attached hydrogen (secondary N) is 1. The van der Waals surface area contributed by atoms with Crippen molar-refractivity contribution < 1.29 is 24.5 Å². The zero-order chi connectivity index (χ0) is 46.5. The lowest BCUT2D eigenvalue weighted by Crippen LogP contribution is -2.45. The highest BCUT2D eigenvalue weighted by molar-refractivity contribution is 5.76. The van der Waals surface area contributed by atoms with Crippen LogP contribution in [-0.2, 0) is 14.3 Å². The van der Waals surface area contributed by atoms with Crippen molar-refractivity contribution in [3.63, 3.8) is 0 Å². The summed E-state index contributed by atoms with van der Waals surface area (Å²) >= 11 is 0. The SMILES string of the molecule is CCCC/C=C\C/C=C\CCCCCCCC(=O)OCCCCCCCCCCCCCC/C=C\CCCCCCCCCC(=O)NC(CO)C(O)/C=C/CCCCCCCCCC. The molecule has 374 valence electrons. The zero-order valence-corrected chi connectivity index (χ0v) is 42.5. The minimum Gasteiger partial charge on any atom is -0.466 e. The van der Waals surface area contributed by atoms with E-state index in [1.165, 1.54) is 199 Å². The average Bonchev–Trinajstić information content (AvgIpc) is 3.29. The molecule has 2 atom stereocenters. The van der Waals surface area contributed by atoms with Gasteiger partial charge < -0.3 is 20.3 Å². The van der Waals surface area contributed by atoms with Gasteiger partial charge >= 0.3 is 5.97 Å². The van der Waals surface area contributed by atoms with Gasteiger partial charge in [0.25, 0.3) is 0 Å². The van der Waals surface area contributed by atoms with Crippen LogP contribution in [0.2, 0.25) is 0 Å². The van der Waals surface area contributed by atoms with Crippen molar-refractivity contribution in [2.75, 3.05) is 13.2 Å². The molecule has 0 aliphatic carbocycles. The van der Waals surface area contributed by atoms with Gasteiger partial charge in [0.05, 0.1) is 25.4 Å². The Kier molecular flexibility index (Phi) is 51.6. The molecule has 0 aromatic heterocycles. The Bertz CT molecular complexity index is 1080. The highest BCUT2D eigenvalue weighted by Gasteiger charge is 2.18. The van der Waals surface area contributed by atoms with Crippen molar-refractivity contribution in [1.29, 1.82) is 0 Å². The Morgan fingerprint density at radius 3 is 1.25 bits per heavy atom. The maximum atomic E-state index is 12.4. The van der Waals surface area contributed by atoms with Gasteiger partial charge in [-0.2, -0.15) is 0 Å². The number of allylic oxidation sites excluding steroid dienone is 7. The van der Waals surface area contributed by atoms with E-state index in [-0.39, 0.29) is 18.5 Å². The van der Waals surface area contributed by atoms with Crippen LogP contribution in [-0.4, -0.2) is 47.4 Å². The third kappa shape index (κ3) is 49.3. The maximum Gasteiger partial charge on any atom is 0.305 e. The third-order valence-electron chi connectivity index (χ3n) is 12.6. The molecule has 0 aromatic carbocycles. The molecule has 64 heavy (non-hydrogen) atoms. The first kappa shape index (κ1) is 61.8. The van der Waals surface area contributed by atoms with E-state index in [0.717, 1.165) is 57.8 Å². The highest BCUT2D eigenvalue weighted by Crippen LogP contribution is 2.15. The summed E-state index contributed by atoms with van der Waals surface area (Å²) in [7, 11) is 0. The number of amides is 1. The molecule has 0 aliphatic rings. The number of hydrogen-bond donors (Lipinski definition) is 3. The number of aliphatic hydroxyl groups excluding tert-OH is 2. The number of carbonyl (C=O) groups excluding carboxylic acids is 2. The number of rotatable bonds is 51. The molecule has 0 aromatic rings. The number of ether oxygens (including phenoxy) is 1. The standard InChI is InChI=1S/C58H107NO5/c1-3-5-7-9-11-13-15-16-29-32-36-40-44-48-52-58(63)64-53-49-45-41-37-33-30-27-25-23-21-19-17-18-20-22-24-26-28-31-35-39-43-47-51-57(62)59-55(54-60)56(61)50-46-42-38-34-14-12-10-8-6-4-2/h9,11,15-16,20,22,46,50,55-56,60-61H,3-8,10,12-14,17-19,21,23-45,47-49,51-54H2,1-2H3,(H,59,62)/b11-9-,16-15-,22-20-,50-46+. The van der Waals surface area contributed by atoms with Crippen LogP contribution in [0, 0.1) is 0 Å². The van der Waals surface area contributed by atoms with Gasteiger partial charge in [-0.15, -0.1) is 0 Å². The fourth-order valence-electron chi connectivity index (χ4n) is 8.23. The lowest BCUT2D eigenvalue weighted by atomic mass is 10.0. The zero-order valence-electron chi connectivity index (χ0n) is 42.5. The van der Waals surface area contributed by atoms with E-state index in [1.807, 2.05) is 6.08 Å². The summed E-state index contributed by atoms with van der Waals surface area (Å²) in [5.41, 5.74) is 0. The number of unbranched alkanes of at least 4 members (excludes halogenated alkanes) is 34. The van der Waals surface area contributed by atoms with Crippen LogP contribution < -0.4 is 5.32 Å². The van der Waals surface area contributed by atoms with E-state index in [4.69, 9.17) is 4.74 Å². The highest BCUT2D eigenvalue weighted by atomic mass is 16.5. The second-order valence-corrected chi connectivity index (χ2v) is 18.9. The normalized spacial score (nSPS) is 13.0. The Labute approximate surface area is 397 Å². The van der Waals surface area contributed by atoms with Gasteiger partial charge in [-0.05, 0) is 83.5 Å². The minimum atomic E-state index is -0.847. The van der Waals surface area contributed by atoms with Gasteiger partial charge in [0.15, 0.2) is 0 Å². The van der Waals surface area contributed by atoms with Crippen molar-refractivity contribution in [2.45, 2.75) is 296 Å². The van der Waals surface area contributed by atoms with Crippen LogP contribution in [0.3, 0.4) is 0 Å². The number of hydrogen-bond acceptors (Lipinski definition) is 5. The van der Waals surface area contributed by atoms with Crippen molar-refractivity contribution in [1.82, 2.24) is 5.32 Å². The molecule has 0 saturated carbocycles. The summed E-state index contributed by atoms with van der Waals surface area (Å²) in [6.07, 6.45) is 67.1. The predicted molar refractivity (Wildman–Crippen MR) is 278 cm³/mol. The first-order valence-corrected chi connectivity index (χ1v) is 27.9. The smallest absolute Gasteiger partial charge is 0.305 e. The first-order chi connectivity index (χ1) is 31.5. The van der Waals surface area contributed by atoms with E-state index < -0.39 is 12.1 Å². The molecule has 0 aliphatic heterocycles. The summed E-state index contributed by atoms with van der Waals surface area (Å²) in [5.74, 6) is -0.0818. The van der Waals surface area contributed by atoms with E-state index in [0.29, 0.717) is 19.4 Å². The lowest BCUT2D eigenvalue weighted by Gasteiger charge is -2.20. The monoisotopic (exact) mass is 898 g/mol. The second-order valence-electron chi connectivity index (χ2n) is 18.9. The van der Waals surface area contributed by atoms with Crippen molar-refractivity contribution in [3.05, 3.63) is 48.6 Å². The maximum absolute atomic E-state index is 12.4. The summed E-state index contributed by atoms with van der Waals surface area (Å²) < 4.78 is 5.46. The van der Waals surface area contributed by atoms with E-state index in [9.17, 15) is 19.8 Å². The quantitative estimate of drug-likeness (QED) is 0.0321. The van der Waals surface area contributed by atoms with E-state index >= 15 is 0 Å². The summed E-state index contributed by atoms with van der Waals surface area (Å²) in [6, 6.07) is -0.631. The average molecular weight is 898 g/mol. The molecule has 0 saturated heterocycles. The van der Waals surface area contributed by atoms with E-state index in [1.54, 1.807) is 6.08 Å². The Morgan fingerprint density at radius 1 is 0.438 bits per heavy atom. The first-order valence-electron chi connectivity index (χ1n) is 27.9. The van der Waals surface area contributed by atoms with Crippen molar-refractivity contribution >= 4 is 11.9 Å². The van der Waals surface area contributed by atoms with Crippen LogP contribution in [0.4, 0.5) is 0 Å².